The van der Waals surface area contributed by atoms with Gasteiger partial charge in [-0.3, -0.25) is 0 Å². The Morgan fingerprint density at radius 3 is 1.27 bits per heavy atom. The monoisotopic (exact) mass is 561 g/mol. The number of benzene rings is 1. The summed E-state index contributed by atoms with van der Waals surface area (Å²) in [6.07, 6.45) is 23.9. The number of rotatable bonds is 22. The van der Waals surface area contributed by atoms with Gasteiger partial charge in [-0.1, -0.05) is 170 Å². The van der Waals surface area contributed by atoms with Gasteiger partial charge in [0, 0.05) is 12.5 Å². The molecule has 0 aliphatic heterocycles. The second-order valence-electron chi connectivity index (χ2n) is 14.7. The fraction of sp³-hybridized carbons (Fsp3) is 0.838. The number of aliphatic hydroxyl groups is 2. The Morgan fingerprint density at radius 1 is 0.600 bits per heavy atom. The van der Waals surface area contributed by atoms with Gasteiger partial charge in [-0.15, -0.1) is 0 Å². The van der Waals surface area contributed by atoms with Gasteiger partial charge in [-0.2, -0.15) is 0 Å². The average Bonchev–Trinajstić information content (AvgIpc) is 2.88. The lowest BCUT2D eigenvalue weighted by atomic mass is 9.77. The minimum absolute atomic E-state index is 0.0172. The highest BCUT2D eigenvalue weighted by atomic mass is 16.3. The Balaban J connectivity index is 2.28. The van der Waals surface area contributed by atoms with Crippen LogP contribution in [-0.2, 0) is 17.3 Å². The first kappa shape index (κ1) is 37.0. The third-order valence-corrected chi connectivity index (χ3v) is 8.67. The summed E-state index contributed by atoms with van der Waals surface area (Å²) in [6, 6.07) is 4.16. The molecule has 0 heterocycles. The fourth-order valence-electron chi connectivity index (χ4n) is 5.89. The van der Waals surface area contributed by atoms with E-state index in [4.69, 9.17) is 0 Å². The lowest BCUT2D eigenvalue weighted by Gasteiger charge is -2.29. The summed E-state index contributed by atoms with van der Waals surface area (Å²) in [4.78, 5) is 0. The first-order valence-electron chi connectivity index (χ1n) is 17.1. The highest BCUT2D eigenvalue weighted by molar-refractivity contribution is 5.50. The molecule has 2 atom stereocenters. The van der Waals surface area contributed by atoms with Gasteiger partial charge in [0.15, 0.2) is 0 Å². The van der Waals surface area contributed by atoms with Crippen molar-refractivity contribution in [3.63, 3.8) is 0 Å². The zero-order valence-electron chi connectivity index (χ0n) is 27.8. The number of unbranched alkanes of at least 4 members (excludes halogenated alkanes) is 16. The number of phenolic OH excluding ortho intramolecular Hbond substituents is 1. The summed E-state index contributed by atoms with van der Waals surface area (Å²) in [6.45, 7) is 15.0. The Labute approximate surface area is 249 Å². The Morgan fingerprint density at radius 2 is 0.950 bits per heavy atom. The zero-order valence-corrected chi connectivity index (χ0v) is 27.8. The van der Waals surface area contributed by atoms with Crippen LogP contribution in [0.3, 0.4) is 0 Å². The maximum absolute atomic E-state index is 11.0. The topological polar surface area (TPSA) is 60.7 Å². The molecule has 0 aliphatic rings. The summed E-state index contributed by atoms with van der Waals surface area (Å²) in [5.74, 6) is 0.208. The molecule has 1 aromatic rings. The molecule has 3 N–H and O–H groups in total. The van der Waals surface area contributed by atoms with Crippen molar-refractivity contribution in [1.29, 1.82) is 0 Å². The fourth-order valence-corrected chi connectivity index (χ4v) is 5.89. The van der Waals surface area contributed by atoms with Gasteiger partial charge in [0.25, 0.3) is 0 Å². The van der Waals surface area contributed by atoms with E-state index in [2.05, 4.69) is 60.6 Å². The summed E-state index contributed by atoms with van der Waals surface area (Å²) in [7, 11) is 0. The molecular weight excluding hydrogens is 492 g/mol. The van der Waals surface area contributed by atoms with Crippen LogP contribution >= 0.6 is 0 Å². The van der Waals surface area contributed by atoms with Crippen molar-refractivity contribution in [3.8, 4) is 5.75 Å². The molecule has 0 fully saturated rings. The van der Waals surface area contributed by atoms with Crippen LogP contribution in [0.4, 0.5) is 0 Å². The normalized spacial score (nSPS) is 14.0. The molecule has 1 aromatic carbocycles. The SMILES string of the molecule is CCCCCCCCCCCCCCCCCCCC(O)C(CO)Cc1cc(C(C)(C)C)c(O)c(C(C)(C)C)c1. The van der Waals surface area contributed by atoms with Crippen molar-refractivity contribution in [2.75, 3.05) is 6.61 Å². The predicted octanol–water partition coefficient (Wildman–Crippen LogP) is 10.5. The highest BCUT2D eigenvalue weighted by Gasteiger charge is 2.28. The quantitative estimate of drug-likeness (QED) is 0.124. The van der Waals surface area contributed by atoms with E-state index in [1.807, 2.05) is 0 Å². The molecule has 0 radical (unpaired) electrons. The van der Waals surface area contributed by atoms with Gasteiger partial charge in [0.2, 0.25) is 0 Å². The predicted molar refractivity (Wildman–Crippen MR) is 175 cm³/mol. The smallest absolute Gasteiger partial charge is 0.123 e. The molecule has 0 aromatic heterocycles. The van der Waals surface area contributed by atoms with E-state index < -0.39 is 6.10 Å². The van der Waals surface area contributed by atoms with Crippen molar-refractivity contribution < 1.29 is 15.3 Å². The Hall–Kier alpha value is -1.06. The molecule has 40 heavy (non-hydrogen) atoms. The Bertz CT molecular complexity index is 736. The molecule has 3 nitrogen and oxygen atoms in total. The standard InChI is InChI=1S/C37H68O3/c1-8-9-10-11-12-13-14-15-16-17-18-19-20-21-22-23-24-25-34(39)31(29-38)26-30-27-32(36(2,3)4)35(40)33(28-30)37(5,6)7/h27-28,31,34,38-40H,8-26,29H2,1-7H3. The van der Waals surface area contributed by atoms with Crippen LogP contribution in [0.5, 0.6) is 5.75 Å². The van der Waals surface area contributed by atoms with Crippen LogP contribution in [0.2, 0.25) is 0 Å². The van der Waals surface area contributed by atoms with Crippen molar-refractivity contribution in [1.82, 2.24) is 0 Å². The molecule has 0 spiro atoms. The summed E-state index contributed by atoms with van der Waals surface area (Å²) in [5.41, 5.74) is 2.61. The summed E-state index contributed by atoms with van der Waals surface area (Å²) in [5, 5.41) is 32.0. The average molecular weight is 561 g/mol. The van der Waals surface area contributed by atoms with Gasteiger partial charge in [-0.25, -0.2) is 0 Å². The highest BCUT2D eigenvalue weighted by Crippen LogP contribution is 2.40. The van der Waals surface area contributed by atoms with Crippen LogP contribution in [-0.4, -0.2) is 28.0 Å². The number of phenols is 1. The maximum atomic E-state index is 11.0. The van der Waals surface area contributed by atoms with Crippen LogP contribution in [0, 0.1) is 5.92 Å². The van der Waals surface area contributed by atoms with E-state index in [1.54, 1.807) is 0 Å². The molecular formula is C37H68O3. The first-order valence-corrected chi connectivity index (χ1v) is 17.1. The molecule has 0 saturated heterocycles. The van der Waals surface area contributed by atoms with E-state index in [9.17, 15) is 15.3 Å². The molecule has 2 unspecified atom stereocenters. The molecule has 234 valence electrons. The van der Waals surface area contributed by atoms with Crippen molar-refractivity contribution in [2.24, 2.45) is 5.92 Å². The van der Waals surface area contributed by atoms with E-state index in [0.29, 0.717) is 12.2 Å². The second kappa shape index (κ2) is 20.0. The number of hydrogen-bond acceptors (Lipinski definition) is 3. The number of aliphatic hydroxyl groups excluding tert-OH is 2. The van der Waals surface area contributed by atoms with Crippen molar-refractivity contribution >= 4 is 0 Å². The molecule has 0 aliphatic carbocycles. The van der Waals surface area contributed by atoms with E-state index in [0.717, 1.165) is 36.0 Å². The summed E-state index contributed by atoms with van der Waals surface area (Å²) >= 11 is 0. The molecule has 0 amide bonds. The molecule has 0 bridgehead atoms. The maximum Gasteiger partial charge on any atom is 0.123 e. The minimum Gasteiger partial charge on any atom is -0.507 e. The summed E-state index contributed by atoms with van der Waals surface area (Å²) < 4.78 is 0. The van der Waals surface area contributed by atoms with Crippen LogP contribution in [0.1, 0.15) is 181 Å². The number of hydrogen-bond donors (Lipinski definition) is 3. The first-order chi connectivity index (χ1) is 18.9. The lowest BCUT2D eigenvalue weighted by molar-refractivity contribution is 0.0589. The van der Waals surface area contributed by atoms with Crippen LogP contribution < -0.4 is 0 Å². The van der Waals surface area contributed by atoms with E-state index >= 15 is 0 Å². The molecule has 3 heteroatoms. The molecule has 1 rings (SSSR count). The van der Waals surface area contributed by atoms with Gasteiger partial charge < -0.3 is 15.3 Å². The minimum atomic E-state index is -0.494. The Kier molecular flexibility index (Phi) is 18.4. The lowest BCUT2D eigenvalue weighted by Crippen LogP contribution is -2.26. The molecule has 0 saturated carbocycles. The van der Waals surface area contributed by atoms with Crippen LogP contribution in [0.25, 0.3) is 0 Å². The third kappa shape index (κ3) is 15.2. The van der Waals surface area contributed by atoms with Gasteiger partial charge in [-0.05, 0) is 40.4 Å². The number of aromatic hydroxyl groups is 1. The van der Waals surface area contributed by atoms with E-state index in [-0.39, 0.29) is 23.4 Å². The largest absolute Gasteiger partial charge is 0.507 e. The van der Waals surface area contributed by atoms with Crippen molar-refractivity contribution in [3.05, 3.63) is 28.8 Å². The zero-order chi connectivity index (χ0) is 30.0. The van der Waals surface area contributed by atoms with Gasteiger partial charge >= 0.3 is 0 Å². The second-order valence-corrected chi connectivity index (χ2v) is 14.7. The van der Waals surface area contributed by atoms with Gasteiger partial charge in [0.05, 0.1) is 6.10 Å². The van der Waals surface area contributed by atoms with Crippen LogP contribution in [0.15, 0.2) is 12.1 Å². The third-order valence-electron chi connectivity index (χ3n) is 8.67. The van der Waals surface area contributed by atoms with Crippen molar-refractivity contribution in [2.45, 2.75) is 187 Å². The van der Waals surface area contributed by atoms with Gasteiger partial charge in [0.1, 0.15) is 5.75 Å². The van der Waals surface area contributed by atoms with E-state index in [1.165, 1.54) is 96.3 Å².